The minimum absolute atomic E-state index is 0.698. The lowest BCUT2D eigenvalue weighted by Crippen LogP contribution is -2.16. The van der Waals surface area contributed by atoms with Crippen LogP contribution in [-0.4, -0.2) is 25.8 Å². The average Bonchev–Trinajstić information content (AvgIpc) is 2.90. The monoisotopic (exact) mass is 249 g/mol. The highest BCUT2D eigenvalue weighted by atomic mass is 32.1. The number of hydrogen-bond donors (Lipinski definition) is 1. The van der Waals surface area contributed by atoms with E-state index in [0.717, 1.165) is 29.6 Å². The van der Waals surface area contributed by atoms with Crippen molar-refractivity contribution in [1.29, 1.82) is 0 Å². The van der Waals surface area contributed by atoms with Crippen molar-refractivity contribution in [2.24, 2.45) is 0 Å². The van der Waals surface area contributed by atoms with Gasteiger partial charge in [0.15, 0.2) is 5.82 Å². The summed E-state index contributed by atoms with van der Waals surface area (Å²) in [6, 6.07) is 0.698. The molecule has 0 unspecified atom stereocenters. The van der Waals surface area contributed by atoms with E-state index in [1.165, 1.54) is 12.8 Å². The highest BCUT2D eigenvalue weighted by molar-refractivity contribution is 7.09. The first kappa shape index (κ1) is 10.9. The molecule has 0 amide bonds. The molecule has 1 aliphatic carbocycles. The van der Waals surface area contributed by atoms with Gasteiger partial charge in [-0.15, -0.1) is 11.3 Å². The molecule has 0 spiro atoms. The Hall–Kier alpha value is -1.27. The van der Waals surface area contributed by atoms with Gasteiger partial charge in [-0.25, -0.2) is 14.6 Å². The number of nitrogens with zero attached hydrogens (tertiary/aromatic N) is 4. The lowest BCUT2D eigenvalue weighted by Gasteiger charge is -1.97. The van der Waals surface area contributed by atoms with Crippen LogP contribution in [0.1, 0.15) is 29.4 Å². The Balaban J connectivity index is 1.59. The third kappa shape index (κ3) is 2.89. The zero-order chi connectivity index (χ0) is 11.7. The van der Waals surface area contributed by atoms with Crippen LogP contribution in [0.4, 0.5) is 0 Å². The highest BCUT2D eigenvalue weighted by Crippen LogP contribution is 2.18. The summed E-state index contributed by atoms with van der Waals surface area (Å²) in [5.74, 6) is 0.866. The molecule has 90 valence electrons. The van der Waals surface area contributed by atoms with E-state index in [0.29, 0.717) is 6.04 Å². The van der Waals surface area contributed by atoms with Crippen LogP contribution in [0.25, 0.3) is 0 Å². The fourth-order valence-corrected chi connectivity index (χ4v) is 2.39. The fraction of sp³-hybridized carbons (Fsp3) is 0.545. The minimum Gasteiger partial charge on any atom is -0.307 e. The molecule has 0 aromatic carbocycles. The van der Waals surface area contributed by atoms with Gasteiger partial charge in [-0.1, -0.05) is 0 Å². The normalized spacial score (nSPS) is 15.4. The predicted molar refractivity (Wildman–Crippen MR) is 65.8 cm³/mol. The van der Waals surface area contributed by atoms with Crippen LogP contribution >= 0.6 is 11.3 Å². The SMILES string of the molecule is Cc1csc(Cn2cnc(CNC3CC3)n2)n1. The highest BCUT2D eigenvalue weighted by Gasteiger charge is 2.20. The molecule has 2 aromatic heterocycles. The lowest BCUT2D eigenvalue weighted by atomic mass is 10.5. The van der Waals surface area contributed by atoms with Crippen molar-refractivity contribution in [3.8, 4) is 0 Å². The molecule has 5 nitrogen and oxygen atoms in total. The van der Waals surface area contributed by atoms with Gasteiger partial charge in [0.25, 0.3) is 0 Å². The molecule has 1 saturated carbocycles. The van der Waals surface area contributed by atoms with Crippen molar-refractivity contribution < 1.29 is 0 Å². The van der Waals surface area contributed by atoms with Crippen molar-refractivity contribution in [2.75, 3.05) is 0 Å². The number of aromatic nitrogens is 4. The van der Waals surface area contributed by atoms with Crippen LogP contribution in [0, 0.1) is 6.92 Å². The molecule has 1 aliphatic rings. The standard InChI is InChI=1S/C11H15N5S/c1-8-6-17-11(14-8)5-16-7-13-10(15-16)4-12-9-2-3-9/h6-7,9,12H,2-5H2,1H3. The molecule has 0 aliphatic heterocycles. The maximum atomic E-state index is 4.42. The number of hydrogen-bond acceptors (Lipinski definition) is 5. The minimum atomic E-state index is 0.698. The smallest absolute Gasteiger partial charge is 0.164 e. The molecule has 17 heavy (non-hydrogen) atoms. The van der Waals surface area contributed by atoms with Crippen molar-refractivity contribution >= 4 is 11.3 Å². The summed E-state index contributed by atoms with van der Waals surface area (Å²) in [4.78, 5) is 8.70. The number of aryl methyl sites for hydroxylation is 1. The van der Waals surface area contributed by atoms with E-state index < -0.39 is 0 Å². The molecular weight excluding hydrogens is 234 g/mol. The molecule has 0 radical (unpaired) electrons. The Morgan fingerprint density at radius 2 is 2.41 bits per heavy atom. The largest absolute Gasteiger partial charge is 0.307 e. The molecular formula is C11H15N5S. The van der Waals surface area contributed by atoms with Gasteiger partial charge < -0.3 is 5.32 Å². The summed E-state index contributed by atoms with van der Waals surface area (Å²) in [5, 5.41) is 11.0. The zero-order valence-electron chi connectivity index (χ0n) is 9.76. The second kappa shape index (κ2) is 4.54. The van der Waals surface area contributed by atoms with Crippen LogP contribution in [0.3, 0.4) is 0 Å². The summed E-state index contributed by atoms with van der Waals surface area (Å²) in [6.07, 6.45) is 4.36. The molecule has 6 heteroatoms. The summed E-state index contributed by atoms with van der Waals surface area (Å²) in [5.41, 5.74) is 1.07. The van der Waals surface area contributed by atoms with Crippen LogP contribution in [0.15, 0.2) is 11.7 Å². The third-order valence-corrected chi connectivity index (χ3v) is 3.63. The number of nitrogens with one attached hydrogen (secondary N) is 1. The zero-order valence-corrected chi connectivity index (χ0v) is 10.6. The molecule has 2 aromatic rings. The van der Waals surface area contributed by atoms with Gasteiger partial charge in [-0.2, -0.15) is 5.10 Å². The summed E-state index contributed by atoms with van der Waals surface area (Å²) in [7, 11) is 0. The van der Waals surface area contributed by atoms with Gasteiger partial charge in [0.05, 0.1) is 13.1 Å². The van der Waals surface area contributed by atoms with Crippen molar-refractivity contribution in [3.05, 3.63) is 28.2 Å². The fourth-order valence-electron chi connectivity index (χ4n) is 1.63. The van der Waals surface area contributed by atoms with E-state index in [1.54, 1.807) is 17.7 Å². The van der Waals surface area contributed by atoms with Gasteiger partial charge in [0.2, 0.25) is 0 Å². The first-order valence-electron chi connectivity index (χ1n) is 5.82. The molecule has 1 fully saturated rings. The predicted octanol–water partition coefficient (Wildman–Crippen LogP) is 1.34. The van der Waals surface area contributed by atoms with E-state index in [1.807, 2.05) is 11.6 Å². The molecule has 0 saturated heterocycles. The van der Waals surface area contributed by atoms with E-state index in [-0.39, 0.29) is 0 Å². The molecule has 3 rings (SSSR count). The van der Waals surface area contributed by atoms with Crippen LogP contribution in [0.5, 0.6) is 0 Å². The third-order valence-electron chi connectivity index (χ3n) is 2.67. The van der Waals surface area contributed by atoms with Gasteiger partial charge in [-0.05, 0) is 19.8 Å². The number of rotatable bonds is 5. The van der Waals surface area contributed by atoms with Crippen LogP contribution in [0.2, 0.25) is 0 Å². The average molecular weight is 249 g/mol. The quantitative estimate of drug-likeness (QED) is 0.869. The maximum Gasteiger partial charge on any atom is 0.164 e. The van der Waals surface area contributed by atoms with Crippen molar-refractivity contribution in [1.82, 2.24) is 25.1 Å². The summed E-state index contributed by atoms with van der Waals surface area (Å²) in [6.45, 7) is 3.50. The van der Waals surface area contributed by atoms with E-state index in [4.69, 9.17) is 0 Å². The Morgan fingerprint density at radius 3 is 3.12 bits per heavy atom. The Bertz CT molecular complexity index is 499. The number of thiazole rings is 1. The van der Waals surface area contributed by atoms with Gasteiger partial charge in [-0.3, -0.25) is 0 Å². The lowest BCUT2D eigenvalue weighted by molar-refractivity contribution is 0.626. The van der Waals surface area contributed by atoms with Gasteiger partial charge in [0.1, 0.15) is 11.3 Å². The summed E-state index contributed by atoms with van der Waals surface area (Å²) >= 11 is 1.67. The Kier molecular flexibility index (Phi) is 2.90. The molecule has 1 N–H and O–H groups in total. The molecule has 0 bridgehead atoms. The molecule has 0 atom stereocenters. The van der Waals surface area contributed by atoms with E-state index in [2.05, 4.69) is 25.8 Å². The first-order valence-corrected chi connectivity index (χ1v) is 6.70. The Labute approximate surface area is 104 Å². The second-order valence-electron chi connectivity index (χ2n) is 4.40. The van der Waals surface area contributed by atoms with Crippen LogP contribution < -0.4 is 5.32 Å². The van der Waals surface area contributed by atoms with E-state index in [9.17, 15) is 0 Å². The second-order valence-corrected chi connectivity index (χ2v) is 5.34. The first-order chi connectivity index (χ1) is 8.29. The van der Waals surface area contributed by atoms with Gasteiger partial charge >= 0.3 is 0 Å². The van der Waals surface area contributed by atoms with Gasteiger partial charge in [0, 0.05) is 17.1 Å². The topological polar surface area (TPSA) is 55.6 Å². The van der Waals surface area contributed by atoms with Crippen molar-refractivity contribution in [2.45, 2.75) is 38.9 Å². The van der Waals surface area contributed by atoms with Crippen molar-refractivity contribution in [3.63, 3.8) is 0 Å². The Morgan fingerprint density at radius 1 is 1.53 bits per heavy atom. The van der Waals surface area contributed by atoms with Crippen LogP contribution in [-0.2, 0) is 13.1 Å². The molecule has 2 heterocycles. The van der Waals surface area contributed by atoms with E-state index >= 15 is 0 Å². The summed E-state index contributed by atoms with van der Waals surface area (Å²) < 4.78 is 1.85. The maximum absolute atomic E-state index is 4.42.